The highest BCUT2D eigenvalue weighted by Crippen LogP contribution is 2.24. The summed E-state index contributed by atoms with van der Waals surface area (Å²) in [5, 5.41) is 3.82. The first-order chi connectivity index (χ1) is 13.0. The maximum absolute atomic E-state index is 13.7. The van der Waals surface area contributed by atoms with Crippen molar-refractivity contribution in [3.8, 4) is 17.1 Å². The molecule has 0 aliphatic heterocycles. The number of halogens is 1. The van der Waals surface area contributed by atoms with Gasteiger partial charge in [0.2, 0.25) is 0 Å². The predicted molar refractivity (Wildman–Crippen MR) is 101 cm³/mol. The molecule has 3 rings (SSSR count). The number of nitrogens with zero attached hydrogens (tertiary/aromatic N) is 1. The summed E-state index contributed by atoms with van der Waals surface area (Å²) in [6.07, 6.45) is 1.35. The zero-order valence-electron chi connectivity index (χ0n) is 15.0. The van der Waals surface area contributed by atoms with Gasteiger partial charge in [-0.1, -0.05) is 18.2 Å². The fourth-order valence-corrected chi connectivity index (χ4v) is 2.38. The first kappa shape index (κ1) is 18.4. The molecule has 0 radical (unpaired) electrons. The summed E-state index contributed by atoms with van der Waals surface area (Å²) in [4.78, 5) is 11.8. The number of aryl methyl sites for hydroxylation is 2. The van der Waals surface area contributed by atoms with Gasteiger partial charge in [-0.25, -0.2) is 9.82 Å². The molecule has 1 N–H and O–H groups in total. The van der Waals surface area contributed by atoms with E-state index in [1.165, 1.54) is 12.3 Å². The van der Waals surface area contributed by atoms with Gasteiger partial charge in [-0.05, 0) is 61.4 Å². The first-order valence-electron chi connectivity index (χ1n) is 8.39. The van der Waals surface area contributed by atoms with E-state index in [-0.39, 0.29) is 12.4 Å². The average Bonchev–Trinajstić information content (AvgIpc) is 3.12. The van der Waals surface area contributed by atoms with Crippen LogP contribution in [-0.2, 0) is 4.79 Å². The minimum Gasteiger partial charge on any atom is -0.484 e. The molecule has 0 atom stereocenters. The van der Waals surface area contributed by atoms with Gasteiger partial charge in [-0.3, -0.25) is 4.79 Å². The van der Waals surface area contributed by atoms with E-state index in [9.17, 15) is 9.18 Å². The first-order valence-corrected chi connectivity index (χ1v) is 8.39. The standard InChI is InChI=1S/C21H19FN2O3/c1-14-7-8-16(11-15(14)2)26-13-21(25)24-23-12-17-9-10-20(27-17)18-5-3-4-6-19(18)22/h3-12H,13H2,1-2H3,(H,24,25)/b23-12-. The summed E-state index contributed by atoms with van der Waals surface area (Å²) in [6.45, 7) is 3.83. The van der Waals surface area contributed by atoms with Crippen molar-refractivity contribution >= 4 is 12.1 Å². The van der Waals surface area contributed by atoms with Gasteiger partial charge in [0, 0.05) is 0 Å². The van der Waals surface area contributed by atoms with Crippen LogP contribution in [0, 0.1) is 19.7 Å². The summed E-state index contributed by atoms with van der Waals surface area (Å²) in [5.74, 6) is 0.637. The lowest BCUT2D eigenvalue weighted by Crippen LogP contribution is -2.24. The van der Waals surface area contributed by atoms with Gasteiger partial charge in [-0.2, -0.15) is 5.10 Å². The Labute approximate surface area is 156 Å². The van der Waals surface area contributed by atoms with Crippen molar-refractivity contribution in [3.63, 3.8) is 0 Å². The van der Waals surface area contributed by atoms with Crippen LogP contribution in [0.2, 0.25) is 0 Å². The van der Waals surface area contributed by atoms with Crippen LogP contribution < -0.4 is 10.2 Å². The zero-order valence-corrected chi connectivity index (χ0v) is 15.0. The van der Waals surface area contributed by atoms with E-state index < -0.39 is 5.91 Å². The third-order valence-electron chi connectivity index (χ3n) is 4.00. The summed E-state index contributed by atoms with van der Waals surface area (Å²) in [5.41, 5.74) is 4.97. The third kappa shape index (κ3) is 4.82. The smallest absolute Gasteiger partial charge is 0.277 e. The second-order valence-electron chi connectivity index (χ2n) is 6.01. The number of furan rings is 1. The van der Waals surface area contributed by atoms with E-state index in [4.69, 9.17) is 9.15 Å². The minimum absolute atomic E-state index is 0.154. The number of hydrogen-bond donors (Lipinski definition) is 1. The molecule has 0 aliphatic rings. The number of ether oxygens (including phenoxy) is 1. The Morgan fingerprint density at radius 3 is 2.74 bits per heavy atom. The second-order valence-corrected chi connectivity index (χ2v) is 6.01. The monoisotopic (exact) mass is 366 g/mol. The van der Waals surface area contributed by atoms with E-state index in [1.54, 1.807) is 30.3 Å². The van der Waals surface area contributed by atoms with Crippen molar-refractivity contribution in [3.05, 3.63) is 77.3 Å². The van der Waals surface area contributed by atoms with Gasteiger partial charge < -0.3 is 9.15 Å². The van der Waals surface area contributed by atoms with Crippen molar-refractivity contribution in [2.24, 2.45) is 5.10 Å². The van der Waals surface area contributed by atoms with Crippen LogP contribution >= 0.6 is 0 Å². The molecule has 138 valence electrons. The molecule has 5 nitrogen and oxygen atoms in total. The Balaban J connectivity index is 1.52. The number of carbonyl (C=O) groups is 1. The molecule has 0 bridgehead atoms. The summed E-state index contributed by atoms with van der Waals surface area (Å²) < 4.78 is 24.7. The van der Waals surface area contributed by atoms with E-state index >= 15 is 0 Å². The van der Waals surface area contributed by atoms with Gasteiger partial charge in [0.25, 0.3) is 5.91 Å². The lowest BCUT2D eigenvalue weighted by Gasteiger charge is -2.07. The van der Waals surface area contributed by atoms with Crippen LogP contribution in [-0.4, -0.2) is 18.7 Å². The Kier molecular flexibility index (Phi) is 5.66. The molecule has 0 unspecified atom stereocenters. The quantitative estimate of drug-likeness (QED) is 0.524. The fraction of sp³-hybridized carbons (Fsp3) is 0.143. The molecule has 6 heteroatoms. The maximum Gasteiger partial charge on any atom is 0.277 e. The fourth-order valence-electron chi connectivity index (χ4n) is 2.38. The Morgan fingerprint density at radius 2 is 1.96 bits per heavy atom. The van der Waals surface area contributed by atoms with Gasteiger partial charge in [-0.15, -0.1) is 0 Å². The van der Waals surface area contributed by atoms with Gasteiger partial charge in [0.05, 0.1) is 11.8 Å². The Morgan fingerprint density at radius 1 is 1.15 bits per heavy atom. The van der Waals surface area contributed by atoms with Crippen LogP contribution in [0.25, 0.3) is 11.3 Å². The number of amides is 1. The zero-order chi connectivity index (χ0) is 19.2. The molecule has 3 aromatic rings. The van der Waals surface area contributed by atoms with Gasteiger partial charge in [0.1, 0.15) is 23.1 Å². The van der Waals surface area contributed by atoms with Gasteiger partial charge >= 0.3 is 0 Å². The van der Waals surface area contributed by atoms with E-state index in [0.717, 1.165) is 11.1 Å². The van der Waals surface area contributed by atoms with Crippen molar-refractivity contribution in [2.75, 3.05) is 6.61 Å². The van der Waals surface area contributed by atoms with E-state index in [0.29, 0.717) is 22.8 Å². The van der Waals surface area contributed by atoms with E-state index in [2.05, 4.69) is 10.5 Å². The molecular weight excluding hydrogens is 347 g/mol. The molecule has 0 spiro atoms. The average molecular weight is 366 g/mol. The van der Waals surface area contributed by atoms with Crippen molar-refractivity contribution in [1.82, 2.24) is 5.43 Å². The number of benzene rings is 2. The molecule has 0 fully saturated rings. The number of carbonyl (C=O) groups excluding carboxylic acids is 1. The largest absolute Gasteiger partial charge is 0.484 e. The Bertz CT molecular complexity index is 979. The minimum atomic E-state index is -0.398. The van der Waals surface area contributed by atoms with Crippen molar-refractivity contribution in [2.45, 2.75) is 13.8 Å². The lowest BCUT2D eigenvalue weighted by molar-refractivity contribution is -0.123. The predicted octanol–water partition coefficient (Wildman–Crippen LogP) is 4.23. The van der Waals surface area contributed by atoms with Crippen LogP contribution in [0.15, 0.2) is 64.1 Å². The highest BCUT2D eigenvalue weighted by atomic mass is 19.1. The number of nitrogens with one attached hydrogen (secondary N) is 1. The Hall–Kier alpha value is -3.41. The number of hydrogen-bond acceptors (Lipinski definition) is 4. The molecule has 1 amide bonds. The second kappa shape index (κ2) is 8.31. The number of rotatable bonds is 6. The third-order valence-corrected chi connectivity index (χ3v) is 4.00. The molecule has 0 aliphatic carbocycles. The SMILES string of the molecule is Cc1ccc(OCC(=O)N/N=C\c2ccc(-c3ccccc3F)o2)cc1C. The van der Waals surface area contributed by atoms with E-state index in [1.807, 2.05) is 32.0 Å². The van der Waals surface area contributed by atoms with Crippen molar-refractivity contribution in [1.29, 1.82) is 0 Å². The molecule has 27 heavy (non-hydrogen) atoms. The normalized spacial score (nSPS) is 10.9. The molecular formula is C21H19FN2O3. The van der Waals surface area contributed by atoms with Gasteiger partial charge in [0.15, 0.2) is 6.61 Å². The molecule has 0 saturated heterocycles. The highest BCUT2D eigenvalue weighted by molar-refractivity contribution is 5.81. The van der Waals surface area contributed by atoms with Crippen molar-refractivity contribution < 1.29 is 18.3 Å². The molecule has 1 heterocycles. The summed E-state index contributed by atoms with van der Waals surface area (Å²) >= 11 is 0. The molecule has 0 saturated carbocycles. The molecule has 1 aromatic heterocycles. The van der Waals surface area contributed by atoms with Crippen LogP contribution in [0.1, 0.15) is 16.9 Å². The molecule has 2 aromatic carbocycles. The topological polar surface area (TPSA) is 63.8 Å². The number of hydrazone groups is 1. The lowest BCUT2D eigenvalue weighted by atomic mass is 10.1. The summed E-state index contributed by atoms with van der Waals surface area (Å²) in [7, 11) is 0. The highest BCUT2D eigenvalue weighted by Gasteiger charge is 2.08. The van der Waals surface area contributed by atoms with Crippen LogP contribution in [0.3, 0.4) is 0 Å². The van der Waals surface area contributed by atoms with Crippen LogP contribution in [0.4, 0.5) is 4.39 Å². The van der Waals surface area contributed by atoms with Crippen LogP contribution in [0.5, 0.6) is 5.75 Å². The maximum atomic E-state index is 13.7. The summed E-state index contributed by atoms with van der Waals surface area (Å²) in [6, 6.07) is 15.2.